The van der Waals surface area contributed by atoms with Crippen LogP contribution >= 0.6 is 6.60 Å². The molecule has 4 heterocycles. The molecule has 1 spiro atoms. The summed E-state index contributed by atoms with van der Waals surface area (Å²) in [5.41, 5.74) is 1.11. The molecule has 2 heteroatoms. The maximum atomic E-state index is 13.7. The molecule has 0 saturated heterocycles. The quantitative estimate of drug-likeness (QED) is 0.693. The summed E-state index contributed by atoms with van der Waals surface area (Å²) in [6.45, 7) is -2.97. The fraction of sp³-hybridized carbons (Fsp3) is 0. The van der Waals surface area contributed by atoms with Crippen molar-refractivity contribution in [1.29, 1.82) is 0 Å². The number of hydrogen-bond acceptors (Lipinski definition) is 1. The van der Waals surface area contributed by atoms with Gasteiger partial charge < -0.3 is 0 Å². The van der Waals surface area contributed by atoms with Gasteiger partial charge in [0.25, 0.3) is 0 Å². The Morgan fingerprint density at radius 2 is 1.10 bits per heavy atom. The molecule has 0 atom stereocenters. The topological polar surface area (TPSA) is 17.1 Å². The van der Waals surface area contributed by atoms with E-state index >= 15 is 0 Å². The van der Waals surface area contributed by atoms with Crippen molar-refractivity contribution in [3.63, 3.8) is 0 Å². The molecule has 0 aliphatic carbocycles. The molecule has 21 heavy (non-hydrogen) atoms. The Balaban J connectivity index is 1.89. The molecular weight excluding hydrogens is 275 g/mol. The van der Waals surface area contributed by atoms with Crippen LogP contribution in [0.3, 0.4) is 0 Å². The van der Waals surface area contributed by atoms with E-state index in [0.717, 1.165) is 5.56 Å². The van der Waals surface area contributed by atoms with Gasteiger partial charge in [0.05, 0.1) is 0 Å². The Morgan fingerprint density at radius 3 is 1.48 bits per heavy atom. The van der Waals surface area contributed by atoms with E-state index in [1.807, 2.05) is 30.3 Å². The first-order valence-electron chi connectivity index (χ1n) is 7.13. The molecule has 0 aromatic heterocycles. The fourth-order valence-electron chi connectivity index (χ4n) is 4.30. The van der Waals surface area contributed by atoms with Crippen LogP contribution in [0.1, 0.15) is 10.4 Å². The number of hydrogen-bond donors (Lipinski definition) is 0. The van der Waals surface area contributed by atoms with E-state index in [-0.39, 0.29) is 0 Å². The Morgan fingerprint density at radius 1 is 0.667 bits per heavy atom. The van der Waals surface area contributed by atoms with E-state index in [4.69, 9.17) is 0 Å². The first-order chi connectivity index (χ1) is 10.3. The van der Waals surface area contributed by atoms with Crippen LogP contribution in [-0.2, 0) is 0 Å². The van der Waals surface area contributed by atoms with Gasteiger partial charge in [0, 0.05) is 0 Å². The molecule has 0 unspecified atom stereocenters. The Hall–Kier alpha value is -2.24. The van der Waals surface area contributed by atoms with Crippen LogP contribution in [0.25, 0.3) is 0 Å². The Bertz CT molecular complexity index is 803. The summed E-state index contributed by atoms with van der Waals surface area (Å²) in [4.78, 5) is 13.7. The van der Waals surface area contributed by atoms with Crippen LogP contribution in [0.15, 0.2) is 100 Å². The second kappa shape index (κ2) is 3.32. The predicted octanol–water partition coefficient (Wildman–Crippen LogP) is 5.08. The van der Waals surface area contributed by atoms with Crippen molar-refractivity contribution in [2.24, 2.45) is 0 Å². The number of allylic oxidation sites excluding steroid dienone is 12. The van der Waals surface area contributed by atoms with Crippen LogP contribution in [0.2, 0.25) is 0 Å². The van der Waals surface area contributed by atoms with Gasteiger partial charge in [-0.15, -0.1) is 0 Å². The zero-order valence-electron chi connectivity index (χ0n) is 11.4. The summed E-state index contributed by atoms with van der Waals surface area (Å²) in [5, 5.41) is 4.85. The van der Waals surface area contributed by atoms with Gasteiger partial charge >= 0.3 is 123 Å². The second-order valence-corrected chi connectivity index (χ2v) is 10.5. The number of benzene rings is 1. The molecule has 0 radical (unpaired) electrons. The maximum absolute atomic E-state index is 13.7. The number of carbonyl (C=O) groups excluding carboxylic acids is 1. The van der Waals surface area contributed by atoms with E-state index < -0.39 is 6.60 Å². The average molecular weight is 288 g/mol. The molecule has 4 aliphatic heterocycles. The fourth-order valence-corrected chi connectivity index (χ4v) is 10.7. The van der Waals surface area contributed by atoms with Crippen molar-refractivity contribution in [2.75, 3.05) is 0 Å². The SMILES string of the molecule is O=C(c1ccccc1)P12(C3=CC=C1C=C3)C1=CC=C2C=C1. The first-order valence-corrected chi connectivity index (χ1v) is 9.36. The summed E-state index contributed by atoms with van der Waals surface area (Å²) >= 11 is 0. The van der Waals surface area contributed by atoms with Crippen molar-refractivity contribution in [3.8, 4) is 0 Å². The van der Waals surface area contributed by atoms with E-state index in [9.17, 15) is 4.79 Å². The summed E-state index contributed by atoms with van der Waals surface area (Å²) in [6.07, 6.45) is 17.2. The summed E-state index contributed by atoms with van der Waals surface area (Å²) in [5.74, 6) is 0. The van der Waals surface area contributed by atoms with Crippen LogP contribution in [0.5, 0.6) is 0 Å². The minimum absolute atomic E-state index is 0.293. The van der Waals surface area contributed by atoms with Gasteiger partial charge in [-0.3, -0.25) is 0 Å². The summed E-state index contributed by atoms with van der Waals surface area (Å²) in [7, 11) is 0. The molecule has 100 valence electrons. The molecule has 4 aliphatic rings. The Kier molecular flexibility index (Phi) is 1.81. The molecule has 5 rings (SSSR count). The predicted molar refractivity (Wildman–Crippen MR) is 88.3 cm³/mol. The summed E-state index contributed by atoms with van der Waals surface area (Å²) in [6, 6.07) is 9.75. The van der Waals surface area contributed by atoms with E-state index in [1.54, 1.807) is 0 Å². The van der Waals surface area contributed by atoms with Gasteiger partial charge in [0.15, 0.2) is 0 Å². The standard InChI is InChI=1S/C19H13OP/c20-19(14-4-2-1-3-5-14)21(15-6-7-16(21)9-8-15)17-10-11-18(21)13-12-17/h1-13H. The van der Waals surface area contributed by atoms with Crippen LogP contribution < -0.4 is 0 Å². The summed E-state index contributed by atoms with van der Waals surface area (Å²) < 4.78 is 0. The molecule has 0 N–H and O–H groups in total. The molecule has 1 nitrogen and oxygen atoms in total. The third-order valence-corrected chi connectivity index (χ3v) is 11.6. The molecule has 4 bridgehead atoms. The van der Waals surface area contributed by atoms with E-state index in [0.29, 0.717) is 5.52 Å². The average Bonchev–Trinajstić information content (AvgIpc) is 3.28. The van der Waals surface area contributed by atoms with Crippen molar-refractivity contribution in [1.82, 2.24) is 0 Å². The monoisotopic (exact) mass is 288 g/mol. The molecular formula is C19H13OP. The molecule has 0 fully saturated rings. The van der Waals surface area contributed by atoms with Crippen molar-refractivity contribution >= 4 is 12.1 Å². The first kappa shape index (κ1) is 11.4. The molecule has 1 aromatic rings. The zero-order valence-corrected chi connectivity index (χ0v) is 12.3. The third-order valence-electron chi connectivity index (χ3n) is 5.19. The van der Waals surface area contributed by atoms with Gasteiger partial charge in [0.1, 0.15) is 0 Å². The van der Waals surface area contributed by atoms with Gasteiger partial charge in [0.2, 0.25) is 0 Å². The van der Waals surface area contributed by atoms with Gasteiger partial charge in [-0.2, -0.15) is 0 Å². The van der Waals surface area contributed by atoms with Crippen LogP contribution in [0, 0.1) is 0 Å². The van der Waals surface area contributed by atoms with Crippen molar-refractivity contribution in [2.45, 2.75) is 0 Å². The van der Waals surface area contributed by atoms with E-state index in [1.165, 1.54) is 21.3 Å². The molecule has 0 amide bonds. The van der Waals surface area contributed by atoms with Crippen molar-refractivity contribution in [3.05, 3.63) is 106 Å². The van der Waals surface area contributed by atoms with Crippen LogP contribution in [-0.4, -0.2) is 5.52 Å². The van der Waals surface area contributed by atoms with Gasteiger partial charge in [-0.05, 0) is 0 Å². The second-order valence-electron chi connectivity index (χ2n) is 5.82. The zero-order chi connectivity index (χ0) is 14.1. The van der Waals surface area contributed by atoms with Crippen LogP contribution in [0.4, 0.5) is 0 Å². The molecule has 0 saturated carbocycles. The number of carbonyl (C=O) groups is 1. The number of rotatable bonds is 2. The van der Waals surface area contributed by atoms with Gasteiger partial charge in [-0.1, -0.05) is 0 Å². The third kappa shape index (κ3) is 0.906. The van der Waals surface area contributed by atoms with E-state index in [2.05, 4.69) is 48.6 Å². The molecule has 1 aromatic carbocycles. The van der Waals surface area contributed by atoms with Gasteiger partial charge in [-0.25, -0.2) is 0 Å². The Labute approximate surface area is 123 Å². The minimum atomic E-state index is -2.97. The van der Waals surface area contributed by atoms with Crippen molar-refractivity contribution < 1.29 is 4.79 Å². The normalized spacial score (nSPS) is 26.2.